The SMILES string of the molecule is CN(C)CCN1CCN(CCCC(C)(N)C(N)=O)CC1. The first kappa shape index (κ1) is 17.4. The van der Waals surface area contributed by atoms with E-state index in [2.05, 4.69) is 28.8 Å². The van der Waals surface area contributed by atoms with Crippen molar-refractivity contribution in [3.63, 3.8) is 0 Å². The minimum atomic E-state index is -0.868. The lowest BCUT2D eigenvalue weighted by Gasteiger charge is -2.35. The second-order valence-corrected chi connectivity index (χ2v) is 6.37. The third-order valence-electron chi connectivity index (χ3n) is 4.06. The fraction of sp³-hybridized carbons (Fsp3) is 0.929. The molecule has 1 heterocycles. The van der Waals surface area contributed by atoms with Gasteiger partial charge in [-0.05, 0) is 40.4 Å². The molecule has 0 radical (unpaired) electrons. The van der Waals surface area contributed by atoms with Gasteiger partial charge < -0.3 is 21.3 Å². The number of hydrogen-bond acceptors (Lipinski definition) is 5. The molecule has 118 valence electrons. The van der Waals surface area contributed by atoms with Gasteiger partial charge in [0, 0.05) is 39.3 Å². The van der Waals surface area contributed by atoms with Crippen LogP contribution in [0.1, 0.15) is 19.8 Å². The lowest BCUT2D eigenvalue weighted by Crippen LogP contribution is -2.50. The molecule has 0 saturated carbocycles. The van der Waals surface area contributed by atoms with Gasteiger partial charge in [-0.15, -0.1) is 0 Å². The van der Waals surface area contributed by atoms with Gasteiger partial charge in [0.15, 0.2) is 0 Å². The van der Waals surface area contributed by atoms with Gasteiger partial charge in [-0.3, -0.25) is 9.69 Å². The Kier molecular flexibility index (Phi) is 6.88. The highest BCUT2D eigenvalue weighted by molar-refractivity contribution is 5.83. The molecule has 0 spiro atoms. The zero-order valence-electron chi connectivity index (χ0n) is 13.3. The summed E-state index contributed by atoms with van der Waals surface area (Å²) in [6.45, 7) is 9.44. The molecule has 0 aromatic heterocycles. The molecule has 0 aliphatic carbocycles. The van der Waals surface area contributed by atoms with Crippen molar-refractivity contribution < 1.29 is 4.79 Å². The van der Waals surface area contributed by atoms with Crippen molar-refractivity contribution >= 4 is 5.91 Å². The van der Waals surface area contributed by atoms with E-state index in [0.717, 1.165) is 52.2 Å². The van der Waals surface area contributed by atoms with E-state index in [1.807, 2.05) is 0 Å². The second-order valence-electron chi connectivity index (χ2n) is 6.37. The number of primary amides is 1. The van der Waals surface area contributed by atoms with Gasteiger partial charge in [0.2, 0.25) is 5.91 Å². The van der Waals surface area contributed by atoms with Crippen LogP contribution in [0.25, 0.3) is 0 Å². The molecule has 1 aliphatic rings. The number of hydrogen-bond donors (Lipinski definition) is 2. The van der Waals surface area contributed by atoms with Gasteiger partial charge in [-0.25, -0.2) is 0 Å². The average Bonchev–Trinajstić information content (AvgIpc) is 2.37. The normalized spacial score (nSPS) is 21.1. The van der Waals surface area contributed by atoms with Crippen LogP contribution in [0.2, 0.25) is 0 Å². The molecule has 6 nitrogen and oxygen atoms in total. The molecule has 0 aromatic carbocycles. The molecule has 1 saturated heterocycles. The minimum Gasteiger partial charge on any atom is -0.368 e. The van der Waals surface area contributed by atoms with Crippen molar-refractivity contribution in [3.8, 4) is 0 Å². The molecule has 6 heteroatoms. The minimum absolute atomic E-state index is 0.411. The van der Waals surface area contributed by atoms with E-state index >= 15 is 0 Å². The third-order valence-corrected chi connectivity index (χ3v) is 4.06. The number of nitrogens with two attached hydrogens (primary N) is 2. The summed E-state index contributed by atoms with van der Waals surface area (Å²) >= 11 is 0. The number of carbonyl (C=O) groups excluding carboxylic acids is 1. The summed E-state index contributed by atoms with van der Waals surface area (Å²) in [4.78, 5) is 18.3. The Balaban J connectivity index is 2.15. The summed E-state index contributed by atoms with van der Waals surface area (Å²) in [7, 11) is 4.22. The van der Waals surface area contributed by atoms with Gasteiger partial charge in [0.05, 0.1) is 5.54 Å². The summed E-state index contributed by atoms with van der Waals surface area (Å²) in [6.07, 6.45) is 1.58. The Labute approximate surface area is 123 Å². The Morgan fingerprint density at radius 1 is 1.15 bits per heavy atom. The molecular weight excluding hydrogens is 254 g/mol. The van der Waals surface area contributed by atoms with Crippen LogP contribution >= 0.6 is 0 Å². The van der Waals surface area contributed by atoms with Crippen LogP contribution in [0, 0.1) is 0 Å². The first-order chi connectivity index (χ1) is 9.31. The Bertz CT molecular complexity index is 298. The Hall–Kier alpha value is -0.690. The summed E-state index contributed by atoms with van der Waals surface area (Å²) in [5.74, 6) is -0.411. The van der Waals surface area contributed by atoms with Crippen molar-refractivity contribution in [3.05, 3.63) is 0 Å². The smallest absolute Gasteiger partial charge is 0.237 e. The van der Waals surface area contributed by atoms with Crippen LogP contribution in [0.3, 0.4) is 0 Å². The zero-order chi connectivity index (χ0) is 15.2. The van der Waals surface area contributed by atoms with Crippen molar-refractivity contribution in [1.82, 2.24) is 14.7 Å². The number of piperazine rings is 1. The highest BCUT2D eigenvalue weighted by Crippen LogP contribution is 2.10. The summed E-state index contributed by atoms with van der Waals surface area (Å²) in [6, 6.07) is 0. The predicted octanol–water partition coefficient (Wildman–Crippen LogP) is -0.851. The highest BCUT2D eigenvalue weighted by atomic mass is 16.1. The topological polar surface area (TPSA) is 78.8 Å². The third kappa shape index (κ3) is 6.17. The molecule has 20 heavy (non-hydrogen) atoms. The number of carbonyl (C=O) groups is 1. The van der Waals surface area contributed by atoms with Gasteiger partial charge in [-0.2, -0.15) is 0 Å². The summed E-state index contributed by atoms with van der Waals surface area (Å²) in [5.41, 5.74) is 10.3. The summed E-state index contributed by atoms with van der Waals surface area (Å²) in [5, 5.41) is 0. The largest absolute Gasteiger partial charge is 0.368 e. The van der Waals surface area contributed by atoms with Crippen LogP contribution in [0.4, 0.5) is 0 Å². The van der Waals surface area contributed by atoms with Gasteiger partial charge in [0.1, 0.15) is 0 Å². The van der Waals surface area contributed by atoms with E-state index in [-0.39, 0.29) is 0 Å². The van der Waals surface area contributed by atoms with Gasteiger partial charge in [0.25, 0.3) is 0 Å². The Morgan fingerprint density at radius 2 is 1.65 bits per heavy atom. The number of rotatable bonds is 8. The maximum absolute atomic E-state index is 11.1. The van der Waals surface area contributed by atoms with Crippen molar-refractivity contribution in [1.29, 1.82) is 0 Å². The van der Waals surface area contributed by atoms with Crippen molar-refractivity contribution in [2.24, 2.45) is 11.5 Å². The monoisotopic (exact) mass is 285 g/mol. The maximum Gasteiger partial charge on any atom is 0.237 e. The lowest BCUT2D eigenvalue weighted by atomic mass is 9.96. The van der Waals surface area contributed by atoms with Crippen molar-refractivity contribution in [2.45, 2.75) is 25.3 Å². The second kappa shape index (κ2) is 7.93. The standard InChI is InChI=1S/C14H31N5O/c1-14(16,13(15)20)5-4-6-18-9-11-19(12-10-18)8-7-17(2)3/h4-12,16H2,1-3H3,(H2,15,20). The van der Waals surface area contributed by atoms with Gasteiger partial charge in [-0.1, -0.05) is 0 Å². The Morgan fingerprint density at radius 3 is 2.10 bits per heavy atom. The van der Waals surface area contributed by atoms with E-state index in [1.165, 1.54) is 0 Å². The van der Waals surface area contributed by atoms with Crippen LogP contribution in [0.15, 0.2) is 0 Å². The van der Waals surface area contributed by atoms with E-state index in [1.54, 1.807) is 6.92 Å². The molecule has 1 atom stereocenters. The predicted molar refractivity (Wildman–Crippen MR) is 82.5 cm³/mol. The van der Waals surface area contributed by atoms with Gasteiger partial charge >= 0.3 is 0 Å². The number of likely N-dealkylation sites (N-methyl/N-ethyl adjacent to an activating group) is 1. The molecule has 0 aromatic rings. The first-order valence-electron chi connectivity index (χ1n) is 7.49. The molecule has 1 aliphatic heterocycles. The molecule has 1 amide bonds. The molecule has 4 N–H and O–H groups in total. The van der Waals surface area contributed by atoms with Crippen LogP contribution < -0.4 is 11.5 Å². The maximum atomic E-state index is 11.1. The molecular formula is C14H31N5O. The molecule has 1 unspecified atom stereocenters. The van der Waals surface area contributed by atoms with E-state index in [0.29, 0.717) is 6.42 Å². The quantitative estimate of drug-likeness (QED) is 0.607. The van der Waals surface area contributed by atoms with Crippen LogP contribution in [0.5, 0.6) is 0 Å². The van der Waals surface area contributed by atoms with E-state index in [4.69, 9.17) is 11.5 Å². The van der Waals surface area contributed by atoms with Crippen LogP contribution in [-0.2, 0) is 4.79 Å². The highest BCUT2D eigenvalue weighted by Gasteiger charge is 2.25. The molecule has 1 fully saturated rings. The lowest BCUT2D eigenvalue weighted by molar-refractivity contribution is -0.122. The average molecular weight is 285 g/mol. The first-order valence-corrected chi connectivity index (χ1v) is 7.49. The van der Waals surface area contributed by atoms with Crippen molar-refractivity contribution in [2.75, 3.05) is 59.9 Å². The fourth-order valence-electron chi connectivity index (χ4n) is 2.37. The van der Waals surface area contributed by atoms with Crippen LogP contribution in [-0.4, -0.2) is 86.1 Å². The number of amides is 1. The number of nitrogens with zero attached hydrogens (tertiary/aromatic N) is 3. The zero-order valence-corrected chi connectivity index (χ0v) is 13.3. The fourth-order valence-corrected chi connectivity index (χ4v) is 2.37. The van der Waals surface area contributed by atoms with E-state index in [9.17, 15) is 4.79 Å². The molecule has 0 bridgehead atoms. The summed E-state index contributed by atoms with van der Waals surface area (Å²) < 4.78 is 0. The van der Waals surface area contributed by atoms with E-state index < -0.39 is 11.4 Å². The molecule has 1 rings (SSSR count).